The van der Waals surface area contributed by atoms with Gasteiger partial charge in [0.05, 0.1) is 18.3 Å². The maximum absolute atomic E-state index is 9.75. The minimum Gasteiger partial charge on any atom is -0.392 e. The quantitative estimate of drug-likeness (QED) is 0.802. The summed E-state index contributed by atoms with van der Waals surface area (Å²) in [6, 6.07) is 0. The Kier molecular flexibility index (Phi) is 3.33. The Bertz CT molecular complexity index is 283. The molecule has 4 unspecified atom stereocenters. The van der Waals surface area contributed by atoms with Gasteiger partial charge in [-0.1, -0.05) is 34.6 Å². The van der Waals surface area contributed by atoms with E-state index in [0.29, 0.717) is 11.5 Å². The van der Waals surface area contributed by atoms with Crippen molar-refractivity contribution in [3.05, 3.63) is 0 Å². The predicted octanol–water partition coefficient (Wildman–Crippen LogP) is 3.38. The molecule has 0 bridgehead atoms. The molecule has 2 saturated carbocycles. The molecule has 4 atom stereocenters. The molecule has 2 rings (SSSR count). The zero-order chi connectivity index (χ0) is 12.8. The molecule has 2 nitrogen and oxygen atoms in total. The molecular formula is C15H28O2. The maximum Gasteiger partial charge on any atom is 0.0679 e. The van der Waals surface area contributed by atoms with E-state index in [-0.39, 0.29) is 17.6 Å². The van der Waals surface area contributed by atoms with Crippen molar-refractivity contribution >= 4 is 0 Å². The number of hydrogen-bond donors (Lipinski definition) is 1. The first-order valence-corrected chi connectivity index (χ1v) is 7.04. The molecule has 0 spiro atoms. The van der Waals surface area contributed by atoms with Crippen LogP contribution in [0, 0.1) is 16.7 Å². The van der Waals surface area contributed by atoms with Gasteiger partial charge in [0.15, 0.2) is 0 Å². The highest BCUT2D eigenvalue weighted by Gasteiger charge is 2.49. The Balaban J connectivity index is 1.92. The Morgan fingerprint density at radius 2 is 1.71 bits per heavy atom. The van der Waals surface area contributed by atoms with Crippen molar-refractivity contribution in [2.75, 3.05) is 0 Å². The van der Waals surface area contributed by atoms with Gasteiger partial charge < -0.3 is 9.84 Å². The van der Waals surface area contributed by atoms with Crippen molar-refractivity contribution in [2.45, 2.75) is 78.6 Å². The van der Waals surface area contributed by atoms with Crippen LogP contribution in [-0.4, -0.2) is 23.4 Å². The first kappa shape index (κ1) is 13.4. The fourth-order valence-corrected chi connectivity index (χ4v) is 3.69. The average molecular weight is 240 g/mol. The van der Waals surface area contributed by atoms with Crippen LogP contribution in [0.4, 0.5) is 0 Å². The lowest BCUT2D eigenvalue weighted by molar-refractivity contribution is -0.206. The molecule has 0 radical (unpaired) electrons. The SMILES string of the molecule is CC1CC(OC2CC(O)C2(C)C)CC(C)(C)C1. The maximum atomic E-state index is 9.75. The van der Waals surface area contributed by atoms with Crippen molar-refractivity contribution in [3.8, 4) is 0 Å². The van der Waals surface area contributed by atoms with E-state index in [2.05, 4.69) is 34.6 Å². The van der Waals surface area contributed by atoms with E-state index in [1.807, 2.05) is 0 Å². The summed E-state index contributed by atoms with van der Waals surface area (Å²) in [6.07, 6.45) is 4.95. The topological polar surface area (TPSA) is 29.5 Å². The van der Waals surface area contributed by atoms with E-state index < -0.39 is 0 Å². The van der Waals surface area contributed by atoms with Gasteiger partial charge in [-0.05, 0) is 30.6 Å². The van der Waals surface area contributed by atoms with Crippen LogP contribution in [0.1, 0.15) is 60.3 Å². The summed E-state index contributed by atoms with van der Waals surface area (Å²) < 4.78 is 6.26. The molecule has 1 N–H and O–H groups in total. The molecule has 0 aromatic rings. The highest BCUT2D eigenvalue weighted by molar-refractivity contribution is 4.99. The largest absolute Gasteiger partial charge is 0.392 e. The van der Waals surface area contributed by atoms with Crippen LogP contribution >= 0.6 is 0 Å². The molecule has 2 aliphatic rings. The summed E-state index contributed by atoms with van der Waals surface area (Å²) in [4.78, 5) is 0. The molecule has 2 heteroatoms. The van der Waals surface area contributed by atoms with Crippen molar-refractivity contribution in [2.24, 2.45) is 16.7 Å². The van der Waals surface area contributed by atoms with Crippen molar-refractivity contribution < 1.29 is 9.84 Å². The second kappa shape index (κ2) is 4.24. The summed E-state index contributed by atoms with van der Waals surface area (Å²) >= 11 is 0. The van der Waals surface area contributed by atoms with Crippen LogP contribution in [0.3, 0.4) is 0 Å². The van der Waals surface area contributed by atoms with Crippen molar-refractivity contribution in [3.63, 3.8) is 0 Å². The minimum atomic E-state index is -0.179. The highest BCUT2D eigenvalue weighted by Crippen LogP contribution is 2.46. The zero-order valence-electron chi connectivity index (χ0n) is 12.0. The van der Waals surface area contributed by atoms with Crippen LogP contribution in [0.5, 0.6) is 0 Å². The molecule has 0 aliphatic heterocycles. The van der Waals surface area contributed by atoms with Gasteiger partial charge in [-0.3, -0.25) is 0 Å². The first-order chi connectivity index (χ1) is 7.71. The van der Waals surface area contributed by atoms with E-state index in [4.69, 9.17) is 4.74 Å². The van der Waals surface area contributed by atoms with Gasteiger partial charge in [0.2, 0.25) is 0 Å². The number of rotatable bonds is 2. The van der Waals surface area contributed by atoms with Gasteiger partial charge in [-0.15, -0.1) is 0 Å². The van der Waals surface area contributed by atoms with E-state index in [1.54, 1.807) is 0 Å². The molecule has 100 valence electrons. The minimum absolute atomic E-state index is 0.0508. The number of hydrogen-bond acceptors (Lipinski definition) is 2. The van der Waals surface area contributed by atoms with Gasteiger partial charge in [-0.2, -0.15) is 0 Å². The highest BCUT2D eigenvalue weighted by atomic mass is 16.5. The molecule has 0 amide bonds. The van der Waals surface area contributed by atoms with Gasteiger partial charge in [0.25, 0.3) is 0 Å². The second-order valence-corrected chi connectivity index (χ2v) is 7.73. The van der Waals surface area contributed by atoms with E-state index in [0.717, 1.165) is 12.3 Å². The third-order valence-corrected chi connectivity index (χ3v) is 4.83. The summed E-state index contributed by atoms with van der Waals surface area (Å²) in [7, 11) is 0. The fraction of sp³-hybridized carbons (Fsp3) is 1.00. The summed E-state index contributed by atoms with van der Waals surface area (Å²) in [6.45, 7) is 11.3. The number of aliphatic hydroxyl groups is 1. The first-order valence-electron chi connectivity index (χ1n) is 7.04. The van der Waals surface area contributed by atoms with Crippen molar-refractivity contribution in [1.82, 2.24) is 0 Å². The molecule has 2 fully saturated rings. The molecule has 0 saturated heterocycles. The fourth-order valence-electron chi connectivity index (χ4n) is 3.69. The lowest BCUT2D eigenvalue weighted by Crippen LogP contribution is -2.56. The van der Waals surface area contributed by atoms with E-state index >= 15 is 0 Å². The van der Waals surface area contributed by atoms with Crippen molar-refractivity contribution in [1.29, 1.82) is 0 Å². The Morgan fingerprint density at radius 3 is 2.18 bits per heavy atom. The summed E-state index contributed by atoms with van der Waals surface area (Å²) in [5.41, 5.74) is 0.361. The Labute approximate surface area is 106 Å². The Morgan fingerprint density at radius 1 is 1.06 bits per heavy atom. The Hall–Kier alpha value is -0.0800. The summed E-state index contributed by atoms with van der Waals surface area (Å²) in [5, 5.41) is 9.75. The van der Waals surface area contributed by atoms with E-state index in [1.165, 1.54) is 19.3 Å². The van der Waals surface area contributed by atoms with E-state index in [9.17, 15) is 5.11 Å². The zero-order valence-corrected chi connectivity index (χ0v) is 12.0. The van der Waals surface area contributed by atoms with Gasteiger partial charge in [-0.25, -0.2) is 0 Å². The number of aliphatic hydroxyl groups excluding tert-OH is 1. The lowest BCUT2D eigenvalue weighted by Gasteiger charge is -2.51. The van der Waals surface area contributed by atoms with Crippen LogP contribution in [-0.2, 0) is 4.74 Å². The average Bonchev–Trinajstić information content (AvgIpc) is 2.14. The molecule has 2 aliphatic carbocycles. The van der Waals surface area contributed by atoms with Crippen LogP contribution in [0.25, 0.3) is 0 Å². The molecule has 0 aromatic heterocycles. The molecule has 17 heavy (non-hydrogen) atoms. The summed E-state index contributed by atoms with van der Waals surface area (Å²) in [5.74, 6) is 0.761. The van der Waals surface area contributed by atoms with Gasteiger partial charge >= 0.3 is 0 Å². The van der Waals surface area contributed by atoms with Gasteiger partial charge in [0, 0.05) is 11.8 Å². The number of ether oxygens (including phenoxy) is 1. The normalized spacial score (nSPS) is 44.1. The van der Waals surface area contributed by atoms with Crippen LogP contribution < -0.4 is 0 Å². The standard InChI is InChI=1S/C15H28O2/c1-10-6-11(9-14(2,3)8-10)17-13-7-12(16)15(13,4)5/h10-13,16H,6-9H2,1-5H3. The third kappa shape index (κ3) is 2.68. The lowest BCUT2D eigenvalue weighted by atomic mass is 9.66. The monoisotopic (exact) mass is 240 g/mol. The smallest absolute Gasteiger partial charge is 0.0679 e. The predicted molar refractivity (Wildman–Crippen MR) is 69.9 cm³/mol. The third-order valence-electron chi connectivity index (χ3n) is 4.83. The molecule has 0 aromatic carbocycles. The van der Waals surface area contributed by atoms with Crippen LogP contribution in [0.2, 0.25) is 0 Å². The van der Waals surface area contributed by atoms with Gasteiger partial charge in [0.1, 0.15) is 0 Å². The molecular weight excluding hydrogens is 212 g/mol. The van der Waals surface area contributed by atoms with Crippen LogP contribution in [0.15, 0.2) is 0 Å². The second-order valence-electron chi connectivity index (χ2n) is 7.73. The molecule has 0 heterocycles.